The summed E-state index contributed by atoms with van der Waals surface area (Å²) < 4.78 is 79.4. The minimum Gasteiger partial charge on any atom is -0.421 e. The summed E-state index contributed by atoms with van der Waals surface area (Å²) >= 11 is 8.63. The second-order valence-corrected chi connectivity index (χ2v) is 6.42. The maximum Gasteiger partial charge on any atom is 0.437 e. The van der Waals surface area contributed by atoms with Crippen LogP contribution in [0.15, 0.2) is 25.6 Å². The van der Waals surface area contributed by atoms with Gasteiger partial charge in [-0.25, -0.2) is 4.79 Å². The summed E-state index contributed by atoms with van der Waals surface area (Å²) in [6, 6.07) is 2.43. The van der Waals surface area contributed by atoms with Crippen LogP contribution in [0.25, 0.3) is 0 Å². The Kier molecular flexibility index (Phi) is 5.63. The molecule has 1 N–H and O–H groups in total. The summed E-state index contributed by atoms with van der Waals surface area (Å²) in [5.41, 5.74) is -5.65. The summed E-state index contributed by atoms with van der Waals surface area (Å²) in [6.45, 7) is 0. The molecular weight excluding hydrogens is 522 g/mol. The molecular formula is C10H3Br3F6O3. The summed E-state index contributed by atoms with van der Waals surface area (Å²) in [7, 11) is 0. The van der Waals surface area contributed by atoms with Crippen LogP contribution in [0.5, 0.6) is 5.75 Å². The van der Waals surface area contributed by atoms with Crippen LogP contribution >= 0.6 is 47.8 Å². The standard InChI is InChI=1S/C10H3Br3F6O3/c11-3-1-4(12)6(5(13)2-3)22-7(20)8(21,9(14,15)16)10(17,18)19/h1-2,21H. The molecule has 12 heteroatoms. The Hall–Kier alpha value is -0.330. The van der Waals surface area contributed by atoms with Crippen LogP contribution in [0.3, 0.4) is 0 Å². The summed E-state index contributed by atoms with van der Waals surface area (Å²) in [5, 5.41) is 8.89. The Morgan fingerprint density at radius 1 is 0.955 bits per heavy atom. The van der Waals surface area contributed by atoms with Gasteiger partial charge in [0.25, 0.3) is 0 Å². The molecule has 0 spiro atoms. The minimum absolute atomic E-state index is 0.117. The molecule has 1 aromatic rings. The monoisotopic (exact) mass is 522 g/mol. The van der Waals surface area contributed by atoms with Gasteiger partial charge in [0.05, 0.1) is 8.95 Å². The topological polar surface area (TPSA) is 46.5 Å². The number of benzene rings is 1. The van der Waals surface area contributed by atoms with Crippen molar-refractivity contribution in [2.75, 3.05) is 0 Å². The Morgan fingerprint density at radius 3 is 1.64 bits per heavy atom. The van der Waals surface area contributed by atoms with Crippen molar-refractivity contribution in [3.8, 4) is 5.75 Å². The molecule has 1 aromatic carbocycles. The third-order valence-corrected chi connectivity index (χ3v) is 3.91. The molecule has 0 saturated carbocycles. The lowest BCUT2D eigenvalue weighted by molar-refractivity contribution is -0.354. The first-order valence-electron chi connectivity index (χ1n) is 4.94. The van der Waals surface area contributed by atoms with Crippen molar-refractivity contribution in [1.82, 2.24) is 0 Å². The first-order valence-corrected chi connectivity index (χ1v) is 7.32. The van der Waals surface area contributed by atoms with Gasteiger partial charge in [-0.2, -0.15) is 26.3 Å². The van der Waals surface area contributed by atoms with Crippen LogP contribution in [0, 0.1) is 0 Å². The fourth-order valence-corrected chi connectivity index (χ4v) is 3.61. The van der Waals surface area contributed by atoms with Crippen molar-refractivity contribution in [3.05, 3.63) is 25.6 Å². The number of aliphatic hydroxyl groups is 1. The van der Waals surface area contributed by atoms with Gasteiger partial charge in [-0.15, -0.1) is 0 Å². The van der Waals surface area contributed by atoms with E-state index in [1.165, 1.54) is 12.1 Å². The van der Waals surface area contributed by atoms with Crippen LogP contribution in [0.4, 0.5) is 26.3 Å². The third-order valence-electron chi connectivity index (χ3n) is 2.27. The van der Waals surface area contributed by atoms with Gasteiger partial charge in [-0.3, -0.25) is 0 Å². The number of esters is 1. The smallest absolute Gasteiger partial charge is 0.421 e. The molecule has 1 rings (SSSR count). The lowest BCUT2D eigenvalue weighted by Gasteiger charge is -2.29. The lowest BCUT2D eigenvalue weighted by atomic mass is 10.0. The van der Waals surface area contributed by atoms with Crippen molar-refractivity contribution in [2.24, 2.45) is 0 Å². The molecule has 0 aliphatic rings. The molecule has 3 nitrogen and oxygen atoms in total. The molecule has 0 amide bonds. The van der Waals surface area contributed by atoms with Crippen molar-refractivity contribution in [3.63, 3.8) is 0 Å². The van der Waals surface area contributed by atoms with Crippen LogP contribution in [0.2, 0.25) is 0 Å². The van der Waals surface area contributed by atoms with Crippen molar-refractivity contribution in [1.29, 1.82) is 0 Å². The largest absolute Gasteiger partial charge is 0.437 e. The van der Waals surface area contributed by atoms with Gasteiger partial charge >= 0.3 is 23.9 Å². The van der Waals surface area contributed by atoms with Crippen molar-refractivity contribution >= 4 is 53.8 Å². The number of hydrogen-bond donors (Lipinski definition) is 1. The number of carbonyl (C=O) groups is 1. The molecule has 0 heterocycles. The molecule has 0 atom stereocenters. The molecule has 124 valence electrons. The highest BCUT2D eigenvalue weighted by Gasteiger charge is 2.76. The maximum absolute atomic E-state index is 12.5. The van der Waals surface area contributed by atoms with Gasteiger partial charge in [-0.1, -0.05) is 15.9 Å². The number of alkyl halides is 6. The van der Waals surface area contributed by atoms with Gasteiger partial charge in [0.2, 0.25) is 0 Å². The van der Waals surface area contributed by atoms with E-state index in [0.29, 0.717) is 4.47 Å². The van der Waals surface area contributed by atoms with Gasteiger partial charge in [0.15, 0.2) is 5.75 Å². The predicted molar refractivity (Wildman–Crippen MR) is 72.2 cm³/mol. The highest BCUT2D eigenvalue weighted by molar-refractivity contribution is 9.11. The second kappa shape index (κ2) is 6.29. The average Bonchev–Trinajstić information content (AvgIpc) is 2.29. The summed E-state index contributed by atoms with van der Waals surface area (Å²) in [4.78, 5) is 11.4. The number of hydrogen-bond acceptors (Lipinski definition) is 3. The van der Waals surface area contributed by atoms with E-state index >= 15 is 0 Å². The zero-order valence-corrected chi connectivity index (χ0v) is 14.6. The van der Waals surface area contributed by atoms with Gasteiger partial charge in [-0.05, 0) is 44.0 Å². The zero-order chi connectivity index (χ0) is 17.5. The first-order chi connectivity index (χ1) is 9.71. The molecule has 0 aliphatic carbocycles. The Balaban J connectivity index is 3.31. The van der Waals surface area contributed by atoms with E-state index in [9.17, 15) is 31.1 Å². The summed E-state index contributed by atoms with van der Waals surface area (Å²) in [5.74, 6) is -3.57. The number of rotatable bonds is 2. The normalized spacial score (nSPS) is 13.2. The van der Waals surface area contributed by atoms with E-state index in [4.69, 9.17) is 5.11 Å². The van der Waals surface area contributed by atoms with E-state index in [1.54, 1.807) is 0 Å². The molecule has 0 bridgehead atoms. The van der Waals surface area contributed by atoms with Crippen LogP contribution < -0.4 is 4.74 Å². The molecule has 0 unspecified atom stereocenters. The van der Waals surface area contributed by atoms with E-state index in [-0.39, 0.29) is 8.95 Å². The van der Waals surface area contributed by atoms with Crippen LogP contribution in [0.1, 0.15) is 0 Å². The van der Waals surface area contributed by atoms with Crippen molar-refractivity contribution in [2.45, 2.75) is 18.0 Å². The molecule has 22 heavy (non-hydrogen) atoms. The number of carbonyl (C=O) groups excluding carboxylic acids is 1. The Labute approximate surface area is 144 Å². The zero-order valence-electron chi connectivity index (χ0n) is 9.82. The predicted octanol–water partition coefficient (Wildman–Crippen LogP) is 4.74. The second-order valence-electron chi connectivity index (χ2n) is 3.79. The maximum atomic E-state index is 12.5. The molecule has 0 saturated heterocycles. The molecule has 0 fully saturated rings. The number of halogens is 9. The highest BCUT2D eigenvalue weighted by atomic mass is 79.9. The van der Waals surface area contributed by atoms with E-state index < -0.39 is 29.7 Å². The Bertz CT molecular complexity index is 562. The summed E-state index contributed by atoms with van der Waals surface area (Å²) in [6.07, 6.45) is -12.6. The number of ether oxygens (including phenoxy) is 1. The third kappa shape index (κ3) is 3.60. The Morgan fingerprint density at radius 2 is 1.32 bits per heavy atom. The van der Waals surface area contributed by atoms with Crippen LogP contribution in [-0.4, -0.2) is 29.0 Å². The average molecular weight is 525 g/mol. The molecule has 0 radical (unpaired) electrons. The van der Waals surface area contributed by atoms with E-state index in [1.807, 2.05) is 0 Å². The molecule has 0 aromatic heterocycles. The van der Waals surface area contributed by atoms with Gasteiger partial charge in [0.1, 0.15) is 0 Å². The van der Waals surface area contributed by atoms with E-state index in [2.05, 4.69) is 52.5 Å². The van der Waals surface area contributed by atoms with Crippen LogP contribution in [-0.2, 0) is 4.79 Å². The van der Waals surface area contributed by atoms with Gasteiger partial charge in [0, 0.05) is 4.47 Å². The minimum atomic E-state index is -6.31. The quantitative estimate of drug-likeness (QED) is 0.346. The fourth-order valence-electron chi connectivity index (χ4n) is 1.19. The lowest BCUT2D eigenvalue weighted by Crippen LogP contribution is -2.63. The first kappa shape index (κ1) is 19.7. The fraction of sp³-hybridized carbons (Fsp3) is 0.300. The highest BCUT2D eigenvalue weighted by Crippen LogP contribution is 2.45. The van der Waals surface area contributed by atoms with Crippen molar-refractivity contribution < 1.29 is 41.0 Å². The molecule has 0 aliphatic heterocycles. The SMILES string of the molecule is O=C(Oc1c(Br)cc(Br)cc1Br)C(O)(C(F)(F)F)C(F)(F)F. The van der Waals surface area contributed by atoms with Gasteiger partial charge < -0.3 is 9.84 Å². The van der Waals surface area contributed by atoms with E-state index in [0.717, 1.165) is 0 Å².